The SMILES string of the molecule is COc1cccc(C(=O)n2ccc(CN)c2)c1. The lowest BCUT2D eigenvalue weighted by Gasteiger charge is -2.04. The Balaban J connectivity index is 2.29. The van der Waals surface area contributed by atoms with Crippen molar-refractivity contribution in [3.8, 4) is 5.75 Å². The number of aromatic nitrogens is 1. The van der Waals surface area contributed by atoms with Crippen molar-refractivity contribution in [3.05, 3.63) is 53.9 Å². The van der Waals surface area contributed by atoms with Crippen LogP contribution in [-0.2, 0) is 6.54 Å². The summed E-state index contributed by atoms with van der Waals surface area (Å²) in [5.41, 5.74) is 7.02. The van der Waals surface area contributed by atoms with E-state index in [4.69, 9.17) is 10.5 Å². The highest BCUT2D eigenvalue weighted by atomic mass is 16.5. The largest absolute Gasteiger partial charge is 0.497 e. The number of carbonyl (C=O) groups excluding carboxylic acids is 1. The van der Waals surface area contributed by atoms with Crippen molar-refractivity contribution >= 4 is 5.91 Å². The van der Waals surface area contributed by atoms with Crippen LogP contribution < -0.4 is 10.5 Å². The van der Waals surface area contributed by atoms with E-state index in [-0.39, 0.29) is 5.91 Å². The van der Waals surface area contributed by atoms with Crippen molar-refractivity contribution in [3.63, 3.8) is 0 Å². The summed E-state index contributed by atoms with van der Waals surface area (Å²) in [6.07, 6.45) is 3.45. The summed E-state index contributed by atoms with van der Waals surface area (Å²) in [4.78, 5) is 12.1. The van der Waals surface area contributed by atoms with Crippen LogP contribution in [0.4, 0.5) is 0 Å². The second-order valence-electron chi connectivity index (χ2n) is 3.67. The summed E-state index contributed by atoms with van der Waals surface area (Å²) in [5.74, 6) is 0.575. The van der Waals surface area contributed by atoms with Crippen LogP contribution >= 0.6 is 0 Å². The summed E-state index contributed by atoms with van der Waals surface area (Å²) in [7, 11) is 1.58. The Morgan fingerprint density at radius 3 is 2.88 bits per heavy atom. The highest BCUT2D eigenvalue weighted by molar-refractivity contribution is 5.96. The van der Waals surface area contributed by atoms with Crippen LogP contribution in [0.15, 0.2) is 42.7 Å². The Morgan fingerprint density at radius 1 is 1.41 bits per heavy atom. The molecule has 0 aliphatic carbocycles. The molecule has 0 saturated carbocycles. The zero-order chi connectivity index (χ0) is 12.3. The van der Waals surface area contributed by atoms with E-state index < -0.39 is 0 Å². The van der Waals surface area contributed by atoms with Gasteiger partial charge in [-0.15, -0.1) is 0 Å². The Morgan fingerprint density at radius 2 is 2.24 bits per heavy atom. The first-order valence-electron chi connectivity index (χ1n) is 5.30. The van der Waals surface area contributed by atoms with Gasteiger partial charge in [-0.2, -0.15) is 0 Å². The van der Waals surface area contributed by atoms with Gasteiger partial charge in [-0.1, -0.05) is 6.07 Å². The average Bonchev–Trinajstić information content (AvgIpc) is 2.86. The molecule has 4 heteroatoms. The van der Waals surface area contributed by atoms with Crippen LogP contribution in [0.2, 0.25) is 0 Å². The van der Waals surface area contributed by atoms with Gasteiger partial charge in [0.25, 0.3) is 5.91 Å². The summed E-state index contributed by atoms with van der Waals surface area (Å²) < 4.78 is 6.61. The van der Waals surface area contributed by atoms with E-state index in [1.54, 1.807) is 43.8 Å². The van der Waals surface area contributed by atoms with Crippen LogP contribution in [0.3, 0.4) is 0 Å². The van der Waals surface area contributed by atoms with Crippen molar-refractivity contribution in [2.24, 2.45) is 5.73 Å². The topological polar surface area (TPSA) is 57.2 Å². The number of methoxy groups -OCH3 is 1. The van der Waals surface area contributed by atoms with E-state index in [0.717, 1.165) is 5.56 Å². The van der Waals surface area contributed by atoms with Gasteiger partial charge < -0.3 is 10.5 Å². The lowest BCUT2D eigenvalue weighted by molar-refractivity contribution is 0.0960. The maximum atomic E-state index is 12.1. The molecule has 4 nitrogen and oxygen atoms in total. The van der Waals surface area contributed by atoms with Crippen molar-refractivity contribution in [2.45, 2.75) is 6.54 Å². The van der Waals surface area contributed by atoms with E-state index in [0.29, 0.717) is 17.9 Å². The first-order chi connectivity index (χ1) is 8.24. The third-order valence-corrected chi connectivity index (χ3v) is 2.54. The number of rotatable bonds is 3. The standard InChI is InChI=1S/C13H14N2O2/c1-17-12-4-2-3-11(7-12)13(16)15-6-5-10(8-14)9-15/h2-7,9H,8,14H2,1H3. The zero-order valence-electron chi connectivity index (χ0n) is 9.59. The molecule has 0 aliphatic rings. The first-order valence-corrected chi connectivity index (χ1v) is 5.30. The van der Waals surface area contributed by atoms with Gasteiger partial charge in [0.2, 0.25) is 0 Å². The molecule has 0 amide bonds. The fraction of sp³-hybridized carbons (Fsp3) is 0.154. The van der Waals surface area contributed by atoms with E-state index in [1.807, 2.05) is 6.07 Å². The fourth-order valence-electron chi connectivity index (χ4n) is 1.59. The molecule has 0 unspecified atom stereocenters. The summed E-state index contributed by atoms with van der Waals surface area (Å²) in [6, 6.07) is 8.90. The Bertz CT molecular complexity index is 532. The van der Waals surface area contributed by atoms with Crippen LogP contribution in [0, 0.1) is 0 Å². The minimum atomic E-state index is -0.0939. The van der Waals surface area contributed by atoms with Crippen molar-refractivity contribution in [1.82, 2.24) is 4.57 Å². The lowest BCUT2D eigenvalue weighted by atomic mass is 10.2. The third kappa shape index (κ3) is 2.37. The Kier molecular flexibility index (Phi) is 3.25. The molecule has 0 spiro atoms. The van der Waals surface area contributed by atoms with E-state index in [1.165, 1.54) is 4.57 Å². The number of carbonyl (C=O) groups is 1. The predicted molar refractivity (Wildman–Crippen MR) is 65.0 cm³/mol. The molecule has 88 valence electrons. The molecule has 0 atom stereocenters. The van der Waals surface area contributed by atoms with Crippen LogP contribution in [0.5, 0.6) is 5.75 Å². The number of hydrogen-bond acceptors (Lipinski definition) is 3. The van der Waals surface area contributed by atoms with E-state index in [9.17, 15) is 4.79 Å². The number of nitrogens with two attached hydrogens (primary N) is 1. The monoisotopic (exact) mass is 230 g/mol. The predicted octanol–water partition coefficient (Wildman–Crippen LogP) is 1.64. The molecule has 0 saturated heterocycles. The maximum Gasteiger partial charge on any atom is 0.261 e. The number of hydrogen-bond donors (Lipinski definition) is 1. The molecule has 17 heavy (non-hydrogen) atoms. The number of ether oxygens (including phenoxy) is 1. The molecule has 0 fully saturated rings. The van der Waals surface area contributed by atoms with E-state index in [2.05, 4.69) is 0 Å². The Hall–Kier alpha value is -2.07. The van der Waals surface area contributed by atoms with Gasteiger partial charge in [0.05, 0.1) is 7.11 Å². The number of benzene rings is 1. The molecular weight excluding hydrogens is 216 g/mol. The van der Waals surface area contributed by atoms with Crippen molar-refractivity contribution in [2.75, 3.05) is 7.11 Å². The first kappa shape index (κ1) is 11.4. The molecule has 1 heterocycles. The minimum absolute atomic E-state index is 0.0939. The molecule has 1 aromatic heterocycles. The van der Waals surface area contributed by atoms with Crippen molar-refractivity contribution in [1.29, 1.82) is 0 Å². The zero-order valence-corrected chi connectivity index (χ0v) is 9.59. The van der Waals surface area contributed by atoms with Gasteiger partial charge >= 0.3 is 0 Å². The molecule has 2 rings (SSSR count). The van der Waals surface area contributed by atoms with Crippen LogP contribution in [0.1, 0.15) is 15.9 Å². The van der Waals surface area contributed by atoms with Gasteiger partial charge in [0.15, 0.2) is 0 Å². The second-order valence-corrected chi connectivity index (χ2v) is 3.67. The average molecular weight is 230 g/mol. The fourth-order valence-corrected chi connectivity index (χ4v) is 1.59. The lowest BCUT2D eigenvalue weighted by Crippen LogP contribution is -2.09. The summed E-state index contributed by atoms with van der Waals surface area (Å²) in [5, 5.41) is 0. The van der Waals surface area contributed by atoms with E-state index >= 15 is 0 Å². The molecular formula is C13H14N2O2. The number of nitrogens with zero attached hydrogens (tertiary/aromatic N) is 1. The van der Waals surface area contributed by atoms with Crippen LogP contribution in [-0.4, -0.2) is 17.6 Å². The quantitative estimate of drug-likeness (QED) is 0.872. The third-order valence-electron chi connectivity index (χ3n) is 2.54. The molecule has 0 bridgehead atoms. The maximum absolute atomic E-state index is 12.1. The Labute approximate surface area is 99.6 Å². The van der Waals surface area contributed by atoms with Gasteiger partial charge in [-0.05, 0) is 29.8 Å². The molecule has 0 aliphatic heterocycles. The summed E-state index contributed by atoms with van der Waals surface area (Å²) in [6.45, 7) is 0.429. The van der Waals surface area contributed by atoms with Gasteiger partial charge in [-0.3, -0.25) is 9.36 Å². The molecule has 2 aromatic rings. The second kappa shape index (κ2) is 4.84. The summed E-state index contributed by atoms with van der Waals surface area (Å²) >= 11 is 0. The normalized spacial score (nSPS) is 10.2. The molecule has 0 radical (unpaired) electrons. The highest BCUT2D eigenvalue weighted by Gasteiger charge is 2.09. The van der Waals surface area contributed by atoms with Gasteiger partial charge in [0, 0.05) is 24.5 Å². The van der Waals surface area contributed by atoms with Gasteiger partial charge in [0.1, 0.15) is 5.75 Å². The van der Waals surface area contributed by atoms with Crippen LogP contribution in [0.25, 0.3) is 0 Å². The smallest absolute Gasteiger partial charge is 0.261 e. The minimum Gasteiger partial charge on any atom is -0.497 e. The van der Waals surface area contributed by atoms with Gasteiger partial charge in [-0.25, -0.2) is 0 Å². The van der Waals surface area contributed by atoms with Crippen molar-refractivity contribution < 1.29 is 9.53 Å². The molecule has 2 N–H and O–H groups in total. The highest BCUT2D eigenvalue weighted by Crippen LogP contribution is 2.14. The molecule has 1 aromatic carbocycles.